The Kier molecular flexibility index (Phi) is 6.26. The Hall–Kier alpha value is -3.17. The van der Waals surface area contributed by atoms with Crippen LogP contribution in [0.15, 0.2) is 54.2 Å². The zero-order valence-electron chi connectivity index (χ0n) is 13.7. The number of hydrogen-bond acceptors (Lipinski definition) is 5. The fourth-order valence-electron chi connectivity index (χ4n) is 2.00. The molecular weight excluding hydrogens is 342 g/mol. The molecule has 128 valence electrons. The number of methoxy groups -OCH3 is 2. The summed E-state index contributed by atoms with van der Waals surface area (Å²) in [5.41, 5.74) is 0.991. The van der Waals surface area contributed by atoms with Gasteiger partial charge in [-0.05, 0) is 30.3 Å². The summed E-state index contributed by atoms with van der Waals surface area (Å²) in [6.07, 6.45) is 1.31. The minimum absolute atomic E-state index is 0.0992. The number of rotatable bonds is 6. The normalized spacial score (nSPS) is 10.6. The molecule has 0 heterocycles. The van der Waals surface area contributed by atoms with E-state index in [0.717, 1.165) is 0 Å². The molecule has 1 amide bonds. The fourth-order valence-corrected chi connectivity index (χ4v) is 2.26. The van der Waals surface area contributed by atoms with Crippen molar-refractivity contribution in [2.45, 2.75) is 0 Å². The van der Waals surface area contributed by atoms with Gasteiger partial charge in [0.15, 0.2) is 0 Å². The van der Waals surface area contributed by atoms with Crippen molar-refractivity contribution in [2.24, 2.45) is 0 Å². The highest BCUT2D eigenvalue weighted by Gasteiger charge is 2.12. The number of hydrogen-bond donors (Lipinski definition) is 2. The Morgan fingerprint density at radius 1 is 1.16 bits per heavy atom. The second kappa shape index (κ2) is 8.62. The van der Waals surface area contributed by atoms with Gasteiger partial charge in [-0.2, -0.15) is 5.26 Å². The van der Waals surface area contributed by atoms with Gasteiger partial charge in [0.2, 0.25) is 0 Å². The maximum atomic E-state index is 12.3. The highest BCUT2D eigenvalue weighted by Crippen LogP contribution is 2.27. The predicted octanol–water partition coefficient (Wildman–Crippen LogP) is 3.82. The van der Waals surface area contributed by atoms with Crippen LogP contribution in [0.2, 0.25) is 5.02 Å². The van der Waals surface area contributed by atoms with Gasteiger partial charge in [-0.3, -0.25) is 4.79 Å². The highest BCUT2D eigenvalue weighted by molar-refractivity contribution is 6.32. The second-order valence-electron chi connectivity index (χ2n) is 4.82. The molecule has 0 unspecified atom stereocenters. The van der Waals surface area contributed by atoms with Crippen molar-refractivity contribution in [2.75, 3.05) is 24.9 Å². The van der Waals surface area contributed by atoms with Crippen molar-refractivity contribution in [3.8, 4) is 17.6 Å². The summed E-state index contributed by atoms with van der Waals surface area (Å²) in [7, 11) is 3.02. The van der Waals surface area contributed by atoms with E-state index in [1.165, 1.54) is 20.4 Å². The van der Waals surface area contributed by atoms with E-state index in [1.807, 2.05) is 6.07 Å². The molecule has 2 aromatic carbocycles. The summed E-state index contributed by atoms with van der Waals surface area (Å²) in [5.74, 6) is 0.479. The minimum Gasteiger partial charge on any atom is -0.495 e. The largest absolute Gasteiger partial charge is 0.495 e. The molecule has 25 heavy (non-hydrogen) atoms. The number of ether oxygens (including phenoxy) is 2. The molecule has 0 fully saturated rings. The van der Waals surface area contributed by atoms with Crippen LogP contribution in [-0.4, -0.2) is 20.1 Å². The van der Waals surface area contributed by atoms with Crippen LogP contribution in [-0.2, 0) is 4.79 Å². The Balaban J connectivity index is 2.13. The lowest BCUT2D eigenvalue weighted by Crippen LogP contribution is -2.15. The molecule has 2 rings (SSSR count). The van der Waals surface area contributed by atoms with Crippen molar-refractivity contribution >= 4 is 28.9 Å². The van der Waals surface area contributed by atoms with Gasteiger partial charge in [-0.1, -0.05) is 23.7 Å². The third-order valence-corrected chi connectivity index (χ3v) is 3.55. The van der Waals surface area contributed by atoms with Gasteiger partial charge in [-0.25, -0.2) is 0 Å². The zero-order chi connectivity index (χ0) is 18.2. The van der Waals surface area contributed by atoms with Crippen LogP contribution in [0.5, 0.6) is 11.5 Å². The average Bonchev–Trinajstić information content (AvgIpc) is 2.63. The van der Waals surface area contributed by atoms with Crippen molar-refractivity contribution < 1.29 is 14.3 Å². The van der Waals surface area contributed by atoms with Crippen molar-refractivity contribution in [3.05, 3.63) is 59.3 Å². The lowest BCUT2D eigenvalue weighted by molar-refractivity contribution is -0.112. The van der Waals surface area contributed by atoms with Crippen molar-refractivity contribution in [3.63, 3.8) is 0 Å². The number of anilines is 2. The Bertz CT molecular complexity index is 844. The van der Waals surface area contributed by atoms with Crippen LogP contribution < -0.4 is 20.1 Å². The first-order valence-corrected chi connectivity index (χ1v) is 7.61. The van der Waals surface area contributed by atoms with Gasteiger partial charge in [0.25, 0.3) is 5.91 Å². The topological polar surface area (TPSA) is 83.4 Å². The van der Waals surface area contributed by atoms with Crippen LogP contribution in [0.1, 0.15) is 0 Å². The molecular formula is C18H16ClN3O3. The van der Waals surface area contributed by atoms with E-state index in [-0.39, 0.29) is 5.57 Å². The summed E-state index contributed by atoms with van der Waals surface area (Å²) in [6.45, 7) is 0. The first-order valence-electron chi connectivity index (χ1n) is 7.23. The van der Waals surface area contributed by atoms with Crippen LogP contribution in [0.3, 0.4) is 0 Å². The average molecular weight is 358 g/mol. The van der Waals surface area contributed by atoms with Crippen molar-refractivity contribution in [1.82, 2.24) is 0 Å². The molecule has 0 atom stereocenters. The zero-order valence-corrected chi connectivity index (χ0v) is 14.4. The number of halogens is 1. The van der Waals surface area contributed by atoms with Gasteiger partial charge in [0.05, 0.1) is 24.9 Å². The summed E-state index contributed by atoms with van der Waals surface area (Å²) >= 11 is 6.04. The summed E-state index contributed by atoms with van der Waals surface area (Å²) < 4.78 is 10.2. The molecule has 0 saturated carbocycles. The van der Waals surface area contributed by atoms with Gasteiger partial charge < -0.3 is 20.1 Å². The molecule has 0 aliphatic heterocycles. The molecule has 0 spiro atoms. The number of nitriles is 1. The smallest absolute Gasteiger partial charge is 0.267 e. The Morgan fingerprint density at radius 2 is 1.88 bits per heavy atom. The van der Waals surface area contributed by atoms with E-state index < -0.39 is 5.91 Å². The number of carbonyl (C=O) groups excluding carboxylic acids is 1. The molecule has 0 aromatic heterocycles. The summed E-state index contributed by atoms with van der Waals surface area (Å²) in [5, 5.41) is 15.1. The molecule has 0 bridgehead atoms. The molecule has 2 aromatic rings. The maximum Gasteiger partial charge on any atom is 0.267 e. The van der Waals surface area contributed by atoms with Gasteiger partial charge in [0, 0.05) is 11.9 Å². The number of nitrogens with zero attached hydrogens (tertiary/aromatic N) is 1. The van der Waals surface area contributed by atoms with E-state index >= 15 is 0 Å². The molecule has 0 radical (unpaired) electrons. The van der Waals surface area contributed by atoms with Crippen LogP contribution in [0.4, 0.5) is 11.4 Å². The first-order chi connectivity index (χ1) is 12.1. The molecule has 0 aliphatic carbocycles. The van der Waals surface area contributed by atoms with E-state index in [4.69, 9.17) is 21.1 Å². The maximum absolute atomic E-state index is 12.3. The monoisotopic (exact) mass is 357 g/mol. The lowest BCUT2D eigenvalue weighted by atomic mass is 10.2. The molecule has 7 heteroatoms. The summed E-state index contributed by atoms with van der Waals surface area (Å²) in [6, 6.07) is 13.8. The predicted molar refractivity (Wildman–Crippen MR) is 96.9 cm³/mol. The van der Waals surface area contributed by atoms with E-state index in [0.29, 0.717) is 27.9 Å². The van der Waals surface area contributed by atoms with E-state index in [9.17, 15) is 10.1 Å². The lowest BCUT2D eigenvalue weighted by Gasteiger charge is -2.09. The quantitative estimate of drug-likeness (QED) is 0.606. The molecule has 6 nitrogen and oxygen atoms in total. The second-order valence-corrected chi connectivity index (χ2v) is 5.23. The molecule has 0 saturated heterocycles. The fraction of sp³-hybridized carbons (Fsp3) is 0.111. The van der Waals surface area contributed by atoms with E-state index in [1.54, 1.807) is 42.5 Å². The number of para-hydroxylation sites is 2. The van der Waals surface area contributed by atoms with Gasteiger partial charge in [-0.15, -0.1) is 0 Å². The van der Waals surface area contributed by atoms with Gasteiger partial charge in [0.1, 0.15) is 23.1 Å². The third-order valence-electron chi connectivity index (χ3n) is 3.26. The number of carbonyl (C=O) groups is 1. The number of amides is 1. The Morgan fingerprint density at radius 3 is 2.52 bits per heavy atom. The number of benzene rings is 2. The molecule has 0 aliphatic rings. The van der Waals surface area contributed by atoms with E-state index in [2.05, 4.69) is 10.6 Å². The first kappa shape index (κ1) is 18.2. The standard InChI is InChI=1S/C18H16ClN3O3/c1-24-16-8-7-13(9-14(16)19)21-11-12(10-20)18(23)22-15-5-3-4-6-17(15)25-2/h3-9,11,21H,1-2H3,(H,22,23)/b12-11-. The third kappa shape index (κ3) is 4.66. The van der Waals surface area contributed by atoms with Gasteiger partial charge >= 0.3 is 0 Å². The molecule has 2 N–H and O–H groups in total. The van der Waals surface area contributed by atoms with Crippen LogP contribution in [0.25, 0.3) is 0 Å². The van der Waals surface area contributed by atoms with Crippen LogP contribution >= 0.6 is 11.6 Å². The minimum atomic E-state index is -0.556. The Labute approximate surface area is 150 Å². The van der Waals surface area contributed by atoms with Crippen molar-refractivity contribution in [1.29, 1.82) is 5.26 Å². The van der Waals surface area contributed by atoms with Crippen LogP contribution in [0, 0.1) is 11.3 Å². The SMILES string of the molecule is COc1ccc(N/C=C(/C#N)C(=O)Nc2ccccc2OC)cc1Cl. The highest BCUT2D eigenvalue weighted by atomic mass is 35.5. The summed E-state index contributed by atoms with van der Waals surface area (Å²) in [4.78, 5) is 12.3. The number of nitrogens with one attached hydrogen (secondary N) is 2.